The zero-order valence-corrected chi connectivity index (χ0v) is 11.8. The average molecular weight is 286 g/mol. The predicted octanol–water partition coefficient (Wildman–Crippen LogP) is 0.884. The van der Waals surface area contributed by atoms with Gasteiger partial charge in [0, 0.05) is 19.5 Å². The molecule has 1 unspecified atom stereocenters. The molecular weight excluding hydrogens is 268 g/mol. The maximum Gasteiger partial charge on any atom is 0.234 e. The maximum atomic E-state index is 12.3. The van der Waals surface area contributed by atoms with Crippen LogP contribution in [0, 0.1) is 5.41 Å². The van der Waals surface area contributed by atoms with Gasteiger partial charge >= 0.3 is 0 Å². The molecule has 1 aromatic rings. The number of benzene rings is 1. The molecule has 2 aliphatic heterocycles. The average Bonchev–Trinajstić information content (AvgIpc) is 2.90. The molecule has 1 spiro atoms. The fourth-order valence-corrected chi connectivity index (χ4v) is 3.15. The summed E-state index contributed by atoms with van der Waals surface area (Å²) in [5, 5.41) is 2.41. The van der Waals surface area contributed by atoms with E-state index in [1.165, 1.54) is 0 Å². The van der Waals surface area contributed by atoms with Crippen molar-refractivity contribution in [2.24, 2.45) is 5.41 Å². The molecule has 2 aliphatic rings. The molecule has 0 aliphatic carbocycles. The standard InChI is InChI=1S/C16H18N2O3/c19-13-6-7-16(15(21)17-13)8-9-18(11-16)14(20)10-12-4-2-1-3-5-12/h1-5H,6-11H2,(H,17,19,21). The Morgan fingerprint density at radius 1 is 1.19 bits per heavy atom. The second-order valence-corrected chi connectivity index (χ2v) is 5.89. The number of nitrogens with one attached hydrogen (secondary N) is 1. The number of piperidine rings is 1. The normalized spacial score (nSPS) is 25.2. The molecule has 1 atom stereocenters. The van der Waals surface area contributed by atoms with Crippen molar-refractivity contribution in [2.75, 3.05) is 13.1 Å². The third-order valence-electron chi connectivity index (χ3n) is 4.47. The number of carbonyl (C=O) groups is 3. The van der Waals surface area contributed by atoms with E-state index in [4.69, 9.17) is 0 Å². The summed E-state index contributed by atoms with van der Waals surface area (Å²) in [7, 11) is 0. The third-order valence-corrected chi connectivity index (χ3v) is 4.47. The summed E-state index contributed by atoms with van der Waals surface area (Å²) in [5.41, 5.74) is 0.423. The quantitative estimate of drug-likeness (QED) is 0.821. The number of likely N-dealkylation sites (tertiary alicyclic amines) is 1. The molecular formula is C16H18N2O3. The SMILES string of the molecule is O=C1CCC2(CCN(C(=O)Cc3ccccc3)C2)C(=O)N1. The monoisotopic (exact) mass is 286 g/mol. The van der Waals surface area contributed by atoms with Crippen molar-refractivity contribution in [2.45, 2.75) is 25.7 Å². The van der Waals surface area contributed by atoms with Gasteiger partial charge in [0.15, 0.2) is 0 Å². The number of rotatable bonds is 2. The van der Waals surface area contributed by atoms with Crippen LogP contribution in [0.5, 0.6) is 0 Å². The molecule has 1 aromatic carbocycles. The summed E-state index contributed by atoms with van der Waals surface area (Å²) in [5.74, 6) is -0.378. The van der Waals surface area contributed by atoms with Crippen molar-refractivity contribution in [1.29, 1.82) is 0 Å². The highest BCUT2D eigenvalue weighted by atomic mass is 16.2. The second-order valence-electron chi connectivity index (χ2n) is 5.89. The number of amides is 3. The molecule has 1 N–H and O–H groups in total. The van der Waals surface area contributed by atoms with E-state index >= 15 is 0 Å². The highest BCUT2D eigenvalue weighted by Crippen LogP contribution is 2.37. The Bertz CT molecular complexity index is 584. The van der Waals surface area contributed by atoms with Gasteiger partial charge in [0.05, 0.1) is 11.8 Å². The molecule has 2 heterocycles. The van der Waals surface area contributed by atoms with E-state index in [-0.39, 0.29) is 17.7 Å². The van der Waals surface area contributed by atoms with Gasteiger partial charge in [-0.15, -0.1) is 0 Å². The lowest BCUT2D eigenvalue weighted by atomic mass is 9.79. The van der Waals surface area contributed by atoms with Crippen LogP contribution in [-0.2, 0) is 20.8 Å². The lowest BCUT2D eigenvalue weighted by molar-refractivity contribution is -0.141. The maximum absolute atomic E-state index is 12.3. The van der Waals surface area contributed by atoms with Crippen LogP contribution in [0.25, 0.3) is 0 Å². The number of hydrogen-bond donors (Lipinski definition) is 1. The van der Waals surface area contributed by atoms with Crippen LogP contribution < -0.4 is 5.32 Å². The summed E-state index contributed by atoms with van der Waals surface area (Å²) in [6, 6.07) is 9.59. The van der Waals surface area contributed by atoms with Crippen LogP contribution in [-0.4, -0.2) is 35.7 Å². The first-order chi connectivity index (χ1) is 10.1. The van der Waals surface area contributed by atoms with E-state index in [0.717, 1.165) is 5.56 Å². The molecule has 5 nitrogen and oxygen atoms in total. The highest BCUT2D eigenvalue weighted by molar-refractivity contribution is 6.01. The van der Waals surface area contributed by atoms with Crippen LogP contribution in [0.3, 0.4) is 0 Å². The van der Waals surface area contributed by atoms with Gasteiger partial charge < -0.3 is 4.90 Å². The van der Waals surface area contributed by atoms with Gasteiger partial charge in [0.2, 0.25) is 17.7 Å². The molecule has 0 bridgehead atoms. The molecule has 0 saturated carbocycles. The Labute approximate surface area is 123 Å². The molecule has 110 valence electrons. The van der Waals surface area contributed by atoms with E-state index in [9.17, 15) is 14.4 Å². The summed E-state index contributed by atoms with van der Waals surface area (Å²) in [6.07, 6.45) is 1.92. The number of carbonyl (C=O) groups excluding carboxylic acids is 3. The summed E-state index contributed by atoms with van der Waals surface area (Å²) >= 11 is 0. The predicted molar refractivity (Wildman–Crippen MR) is 76.2 cm³/mol. The minimum absolute atomic E-state index is 0.0442. The van der Waals surface area contributed by atoms with Gasteiger partial charge in [-0.1, -0.05) is 30.3 Å². The lowest BCUT2D eigenvalue weighted by Crippen LogP contribution is -2.50. The van der Waals surface area contributed by atoms with E-state index in [2.05, 4.69) is 5.32 Å². The smallest absolute Gasteiger partial charge is 0.234 e. The first-order valence-electron chi connectivity index (χ1n) is 7.25. The minimum Gasteiger partial charge on any atom is -0.341 e. The molecule has 2 saturated heterocycles. The Kier molecular flexibility index (Phi) is 3.49. The van der Waals surface area contributed by atoms with Gasteiger partial charge in [0.1, 0.15) is 0 Å². The lowest BCUT2D eigenvalue weighted by Gasteiger charge is -2.31. The Balaban J connectivity index is 1.65. The van der Waals surface area contributed by atoms with Crippen LogP contribution in [0.15, 0.2) is 30.3 Å². The number of hydrogen-bond acceptors (Lipinski definition) is 3. The summed E-state index contributed by atoms with van der Waals surface area (Å²) in [6.45, 7) is 1.02. The van der Waals surface area contributed by atoms with Crippen molar-refractivity contribution in [1.82, 2.24) is 10.2 Å². The fourth-order valence-electron chi connectivity index (χ4n) is 3.15. The zero-order valence-electron chi connectivity index (χ0n) is 11.8. The zero-order chi connectivity index (χ0) is 14.9. The largest absolute Gasteiger partial charge is 0.341 e. The van der Waals surface area contributed by atoms with Gasteiger partial charge in [-0.2, -0.15) is 0 Å². The first kappa shape index (κ1) is 13.8. The molecule has 3 amide bonds. The molecule has 0 aromatic heterocycles. The van der Waals surface area contributed by atoms with E-state index < -0.39 is 5.41 Å². The molecule has 5 heteroatoms. The Morgan fingerprint density at radius 3 is 2.67 bits per heavy atom. The van der Waals surface area contributed by atoms with Crippen LogP contribution in [0.4, 0.5) is 0 Å². The van der Waals surface area contributed by atoms with Crippen molar-refractivity contribution < 1.29 is 14.4 Å². The molecule has 3 rings (SSSR count). The topological polar surface area (TPSA) is 66.5 Å². The summed E-state index contributed by atoms with van der Waals surface area (Å²) < 4.78 is 0. The van der Waals surface area contributed by atoms with Gasteiger partial charge in [0.25, 0.3) is 0 Å². The minimum atomic E-state index is -0.555. The number of imide groups is 1. The van der Waals surface area contributed by atoms with Crippen molar-refractivity contribution in [3.63, 3.8) is 0 Å². The second kappa shape index (κ2) is 5.31. The van der Waals surface area contributed by atoms with E-state index in [1.54, 1.807) is 4.90 Å². The Morgan fingerprint density at radius 2 is 1.95 bits per heavy atom. The van der Waals surface area contributed by atoms with Crippen molar-refractivity contribution in [3.05, 3.63) is 35.9 Å². The molecule has 21 heavy (non-hydrogen) atoms. The first-order valence-corrected chi connectivity index (χ1v) is 7.25. The van der Waals surface area contributed by atoms with Crippen molar-refractivity contribution in [3.8, 4) is 0 Å². The third kappa shape index (κ3) is 2.68. The van der Waals surface area contributed by atoms with E-state index in [0.29, 0.717) is 38.8 Å². The molecule has 2 fully saturated rings. The van der Waals surface area contributed by atoms with Gasteiger partial charge in [-0.3, -0.25) is 19.7 Å². The fraction of sp³-hybridized carbons (Fsp3) is 0.438. The van der Waals surface area contributed by atoms with Gasteiger partial charge in [-0.05, 0) is 18.4 Å². The number of nitrogens with zero attached hydrogens (tertiary/aromatic N) is 1. The Hall–Kier alpha value is -2.17. The van der Waals surface area contributed by atoms with Crippen LogP contribution in [0.1, 0.15) is 24.8 Å². The van der Waals surface area contributed by atoms with Crippen LogP contribution in [0.2, 0.25) is 0 Å². The van der Waals surface area contributed by atoms with Gasteiger partial charge in [-0.25, -0.2) is 0 Å². The van der Waals surface area contributed by atoms with Crippen LogP contribution >= 0.6 is 0 Å². The molecule has 0 radical (unpaired) electrons. The summed E-state index contributed by atoms with van der Waals surface area (Å²) in [4.78, 5) is 37.4. The highest BCUT2D eigenvalue weighted by Gasteiger charge is 2.48. The van der Waals surface area contributed by atoms with E-state index in [1.807, 2.05) is 30.3 Å². The van der Waals surface area contributed by atoms with Crippen molar-refractivity contribution >= 4 is 17.7 Å².